The van der Waals surface area contributed by atoms with Gasteiger partial charge < -0.3 is 10.8 Å². The first kappa shape index (κ1) is 21.2. The molecule has 22 heavy (non-hydrogen) atoms. The van der Waals surface area contributed by atoms with Crippen molar-refractivity contribution in [3.05, 3.63) is 12.2 Å². The summed E-state index contributed by atoms with van der Waals surface area (Å²) in [4.78, 5) is 10.8. The molecule has 0 aromatic heterocycles. The summed E-state index contributed by atoms with van der Waals surface area (Å²) in [7, 11) is 0. The quantitative estimate of drug-likeness (QED) is 0.315. The molecule has 0 fully saturated rings. The van der Waals surface area contributed by atoms with E-state index >= 15 is 0 Å². The number of primary amides is 1. The molecule has 0 aliphatic heterocycles. The van der Waals surface area contributed by atoms with Crippen molar-refractivity contribution in [1.82, 2.24) is 0 Å². The van der Waals surface area contributed by atoms with Gasteiger partial charge in [-0.1, -0.05) is 90.6 Å². The van der Waals surface area contributed by atoms with Crippen LogP contribution in [0.2, 0.25) is 0 Å². The van der Waals surface area contributed by atoms with Gasteiger partial charge in [-0.25, -0.2) is 0 Å². The minimum absolute atomic E-state index is 0.551. The van der Waals surface area contributed by atoms with Gasteiger partial charge in [-0.15, -0.1) is 0 Å². The molecule has 0 saturated heterocycles. The lowest BCUT2D eigenvalue weighted by Crippen LogP contribution is -2.29. The number of carbonyl (C=O) groups is 1. The second-order valence-electron chi connectivity index (χ2n) is 6.46. The highest BCUT2D eigenvalue weighted by molar-refractivity contribution is 5.81. The Kier molecular flexibility index (Phi) is 14.5. The fourth-order valence-electron chi connectivity index (χ4n) is 2.71. The van der Waals surface area contributed by atoms with Gasteiger partial charge >= 0.3 is 0 Å². The Balaban J connectivity index is 3.21. The minimum atomic E-state index is -1.17. The van der Waals surface area contributed by atoms with Gasteiger partial charge in [-0.2, -0.15) is 0 Å². The largest absolute Gasteiger partial charge is 0.379 e. The van der Waals surface area contributed by atoms with Gasteiger partial charge in [-0.05, 0) is 18.4 Å². The van der Waals surface area contributed by atoms with Crippen LogP contribution < -0.4 is 5.73 Å². The summed E-state index contributed by atoms with van der Waals surface area (Å²) in [5.74, 6) is -0.695. The molecule has 0 aliphatic rings. The van der Waals surface area contributed by atoms with Crippen LogP contribution in [0.1, 0.15) is 96.8 Å². The van der Waals surface area contributed by atoms with Gasteiger partial charge in [-0.3, -0.25) is 4.79 Å². The summed E-state index contributed by atoms with van der Waals surface area (Å²) >= 11 is 0. The van der Waals surface area contributed by atoms with Crippen LogP contribution in [0.3, 0.4) is 0 Å². The lowest BCUT2D eigenvalue weighted by molar-refractivity contribution is -0.124. The average molecular weight is 312 g/mol. The molecule has 0 bridgehead atoms. The van der Waals surface area contributed by atoms with E-state index in [1.807, 2.05) is 0 Å². The standard InChI is InChI=1S/C19H37NO2/c1-3-4-5-6-7-8-9-10-11-12-13-14-15-16-17(2)18(21)19(20)22/h18,21H,2-16H2,1H3,(H2,20,22). The van der Waals surface area contributed by atoms with Crippen LogP contribution in [0.4, 0.5) is 0 Å². The van der Waals surface area contributed by atoms with Gasteiger partial charge in [0.2, 0.25) is 0 Å². The van der Waals surface area contributed by atoms with E-state index in [2.05, 4.69) is 13.5 Å². The highest BCUT2D eigenvalue weighted by Gasteiger charge is 2.13. The molecule has 0 rings (SSSR count). The number of unbranched alkanes of at least 4 members (excludes halogenated alkanes) is 12. The number of aliphatic hydroxyl groups is 1. The Morgan fingerprint density at radius 3 is 1.59 bits per heavy atom. The van der Waals surface area contributed by atoms with Crippen LogP contribution >= 0.6 is 0 Å². The van der Waals surface area contributed by atoms with Crippen molar-refractivity contribution in [2.45, 2.75) is 103 Å². The van der Waals surface area contributed by atoms with Crippen molar-refractivity contribution < 1.29 is 9.90 Å². The smallest absolute Gasteiger partial charge is 0.250 e. The second-order valence-corrected chi connectivity index (χ2v) is 6.46. The zero-order chi connectivity index (χ0) is 16.6. The number of rotatable bonds is 16. The maximum atomic E-state index is 10.8. The Morgan fingerprint density at radius 1 is 0.864 bits per heavy atom. The van der Waals surface area contributed by atoms with E-state index in [1.165, 1.54) is 70.6 Å². The third-order valence-corrected chi connectivity index (χ3v) is 4.26. The number of carbonyl (C=O) groups excluding carboxylic acids is 1. The van der Waals surface area contributed by atoms with E-state index in [-0.39, 0.29) is 0 Å². The topological polar surface area (TPSA) is 63.3 Å². The number of amides is 1. The maximum absolute atomic E-state index is 10.8. The molecular formula is C19H37NO2. The molecule has 1 unspecified atom stereocenters. The van der Waals surface area contributed by atoms with E-state index in [0.29, 0.717) is 12.0 Å². The molecule has 3 heteroatoms. The zero-order valence-electron chi connectivity index (χ0n) is 14.6. The zero-order valence-corrected chi connectivity index (χ0v) is 14.6. The number of nitrogens with two attached hydrogens (primary N) is 1. The van der Waals surface area contributed by atoms with Crippen LogP contribution in [0.5, 0.6) is 0 Å². The lowest BCUT2D eigenvalue weighted by atomic mass is 10.0. The minimum Gasteiger partial charge on any atom is -0.379 e. The Hall–Kier alpha value is -0.830. The van der Waals surface area contributed by atoms with Gasteiger partial charge in [0, 0.05) is 0 Å². The predicted octanol–water partition coefficient (Wildman–Crippen LogP) is 4.87. The summed E-state index contributed by atoms with van der Waals surface area (Å²) in [6.07, 6.45) is 16.6. The molecule has 0 aromatic carbocycles. The summed E-state index contributed by atoms with van der Waals surface area (Å²) < 4.78 is 0. The van der Waals surface area contributed by atoms with E-state index in [1.54, 1.807) is 0 Å². The molecular weight excluding hydrogens is 274 g/mol. The van der Waals surface area contributed by atoms with Crippen molar-refractivity contribution in [3.63, 3.8) is 0 Å². The second kappa shape index (κ2) is 15.1. The number of aliphatic hydroxyl groups excluding tert-OH is 1. The first-order valence-corrected chi connectivity index (χ1v) is 9.24. The SMILES string of the molecule is C=C(CCCCCCCCCCCCCCC)C(O)C(N)=O. The predicted molar refractivity (Wildman–Crippen MR) is 94.7 cm³/mol. The molecule has 3 nitrogen and oxygen atoms in total. The van der Waals surface area contributed by atoms with Gasteiger partial charge in [0.1, 0.15) is 0 Å². The summed E-state index contributed by atoms with van der Waals surface area (Å²) in [5.41, 5.74) is 5.58. The van der Waals surface area contributed by atoms with Crippen LogP contribution in [-0.4, -0.2) is 17.1 Å². The normalized spacial score (nSPS) is 12.3. The third kappa shape index (κ3) is 12.9. The third-order valence-electron chi connectivity index (χ3n) is 4.26. The molecule has 0 radical (unpaired) electrons. The maximum Gasteiger partial charge on any atom is 0.250 e. The molecule has 0 aromatic rings. The number of hydrogen-bond acceptors (Lipinski definition) is 2. The molecule has 130 valence electrons. The lowest BCUT2D eigenvalue weighted by Gasteiger charge is -2.09. The fraction of sp³-hybridized carbons (Fsp3) is 0.842. The van der Waals surface area contributed by atoms with E-state index in [9.17, 15) is 9.90 Å². The van der Waals surface area contributed by atoms with Crippen LogP contribution in [0.15, 0.2) is 12.2 Å². The summed E-state index contributed by atoms with van der Waals surface area (Å²) in [6.45, 7) is 5.98. The Labute approximate surface area is 137 Å². The van der Waals surface area contributed by atoms with Crippen LogP contribution in [0, 0.1) is 0 Å². The summed E-state index contributed by atoms with van der Waals surface area (Å²) in [6, 6.07) is 0. The molecule has 0 aliphatic carbocycles. The average Bonchev–Trinajstić information content (AvgIpc) is 2.50. The Bertz CT molecular complexity index is 289. The van der Waals surface area contributed by atoms with Crippen molar-refractivity contribution >= 4 is 5.91 Å². The van der Waals surface area contributed by atoms with Gasteiger partial charge in [0.15, 0.2) is 6.10 Å². The number of hydrogen-bond donors (Lipinski definition) is 2. The highest BCUT2D eigenvalue weighted by atomic mass is 16.3. The Morgan fingerprint density at radius 2 is 1.23 bits per heavy atom. The molecule has 0 saturated carbocycles. The van der Waals surface area contributed by atoms with Crippen LogP contribution in [0.25, 0.3) is 0 Å². The first-order valence-electron chi connectivity index (χ1n) is 9.24. The summed E-state index contributed by atoms with van der Waals surface area (Å²) in [5, 5.41) is 9.41. The van der Waals surface area contributed by atoms with Crippen molar-refractivity contribution in [1.29, 1.82) is 0 Å². The van der Waals surface area contributed by atoms with Crippen molar-refractivity contribution in [2.24, 2.45) is 5.73 Å². The highest BCUT2D eigenvalue weighted by Crippen LogP contribution is 2.15. The van der Waals surface area contributed by atoms with Crippen molar-refractivity contribution in [3.8, 4) is 0 Å². The van der Waals surface area contributed by atoms with Gasteiger partial charge in [0.25, 0.3) is 5.91 Å². The molecule has 0 spiro atoms. The van der Waals surface area contributed by atoms with E-state index in [4.69, 9.17) is 5.73 Å². The van der Waals surface area contributed by atoms with Gasteiger partial charge in [0.05, 0.1) is 0 Å². The van der Waals surface area contributed by atoms with E-state index < -0.39 is 12.0 Å². The van der Waals surface area contributed by atoms with Crippen LogP contribution in [-0.2, 0) is 4.79 Å². The molecule has 1 atom stereocenters. The molecule has 0 heterocycles. The molecule has 1 amide bonds. The molecule has 3 N–H and O–H groups in total. The van der Waals surface area contributed by atoms with Crippen molar-refractivity contribution in [2.75, 3.05) is 0 Å². The monoisotopic (exact) mass is 311 g/mol. The van der Waals surface area contributed by atoms with E-state index in [0.717, 1.165) is 12.8 Å². The fourth-order valence-corrected chi connectivity index (χ4v) is 2.71. The first-order chi connectivity index (χ1) is 10.6.